The third-order valence-corrected chi connectivity index (χ3v) is 3.03. The Bertz CT molecular complexity index is 353. The summed E-state index contributed by atoms with van der Waals surface area (Å²) in [5.74, 6) is 0.349. The molecule has 3 heteroatoms. The molecular weight excluding hydrogens is 202 g/mol. The lowest BCUT2D eigenvalue weighted by Crippen LogP contribution is -2.17. The van der Waals surface area contributed by atoms with Crippen molar-refractivity contribution in [3.63, 3.8) is 0 Å². The molecule has 0 aliphatic carbocycles. The Kier molecular flexibility index (Phi) is 3.67. The lowest BCUT2D eigenvalue weighted by Gasteiger charge is -2.06. The first-order valence-corrected chi connectivity index (χ1v) is 5.84. The number of carbonyl (C=O) groups is 1. The number of ether oxygens (including phenoxy) is 1. The number of aromatic nitrogens is 1. The molecule has 0 spiro atoms. The monoisotopic (exact) mass is 219 g/mol. The number of carbonyl (C=O) groups excluding carboxylic acids is 1. The summed E-state index contributed by atoms with van der Waals surface area (Å²) in [6.07, 6.45) is 4.15. The van der Waals surface area contributed by atoms with E-state index in [9.17, 15) is 4.79 Å². The normalized spacial score (nSPS) is 19.9. The first-order valence-electron chi connectivity index (χ1n) is 5.84. The van der Waals surface area contributed by atoms with E-state index in [0.29, 0.717) is 13.0 Å². The third kappa shape index (κ3) is 2.67. The molecule has 1 saturated heterocycles. The lowest BCUT2D eigenvalue weighted by molar-refractivity contribution is -0.122. The van der Waals surface area contributed by atoms with Gasteiger partial charge in [0.05, 0.1) is 6.61 Å². The van der Waals surface area contributed by atoms with Gasteiger partial charge >= 0.3 is 0 Å². The van der Waals surface area contributed by atoms with Gasteiger partial charge in [-0.25, -0.2) is 0 Å². The molecule has 3 nitrogen and oxygen atoms in total. The van der Waals surface area contributed by atoms with Crippen LogP contribution in [0.25, 0.3) is 0 Å². The van der Waals surface area contributed by atoms with Crippen LogP contribution in [0.4, 0.5) is 0 Å². The van der Waals surface area contributed by atoms with Crippen LogP contribution in [0.2, 0.25) is 0 Å². The van der Waals surface area contributed by atoms with E-state index in [1.807, 2.05) is 18.3 Å². The number of rotatable bonds is 4. The minimum absolute atomic E-state index is 0.0904. The highest BCUT2D eigenvalue weighted by atomic mass is 16.5. The van der Waals surface area contributed by atoms with Crippen LogP contribution in [0.3, 0.4) is 0 Å². The van der Waals surface area contributed by atoms with Crippen LogP contribution < -0.4 is 0 Å². The molecule has 1 unspecified atom stereocenters. The van der Waals surface area contributed by atoms with Crippen molar-refractivity contribution < 1.29 is 9.53 Å². The fraction of sp³-hybridized carbons (Fsp3) is 0.538. The maximum absolute atomic E-state index is 11.8. The minimum atomic E-state index is 0.0904. The summed E-state index contributed by atoms with van der Waals surface area (Å²) in [4.78, 5) is 16.1. The van der Waals surface area contributed by atoms with Gasteiger partial charge in [-0.15, -0.1) is 0 Å². The quantitative estimate of drug-likeness (QED) is 0.775. The second-order valence-electron chi connectivity index (χ2n) is 4.21. The molecule has 16 heavy (non-hydrogen) atoms. The highest BCUT2D eigenvalue weighted by Crippen LogP contribution is 2.15. The predicted octanol–water partition coefficient (Wildman–Crippen LogP) is 1.79. The van der Waals surface area contributed by atoms with Crippen LogP contribution in [0.5, 0.6) is 0 Å². The number of pyridine rings is 1. The van der Waals surface area contributed by atoms with Crippen molar-refractivity contribution in [3.8, 4) is 0 Å². The van der Waals surface area contributed by atoms with Gasteiger partial charge in [-0.05, 0) is 24.5 Å². The third-order valence-electron chi connectivity index (χ3n) is 3.03. The van der Waals surface area contributed by atoms with Crippen molar-refractivity contribution in [1.29, 1.82) is 0 Å². The Balaban J connectivity index is 1.94. The summed E-state index contributed by atoms with van der Waals surface area (Å²) in [5, 5.41) is 0. The average molecular weight is 219 g/mol. The molecule has 0 bridgehead atoms. The molecule has 0 radical (unpaired) electrons. The van der Waals surface area contributed by atoms with Crippen LogP contribution in [-0.4, -0.2) is 24.0 Å². The number of Topliss-reactive ketones (excluding diaryl/α,β-unsaturated/α-hetero) is 1. The van der Waals surface area contributed by atoms with Crippen LogP contribution >= 0.6 is 0 Å². The molecule has 2 rings (SSSR count). The van der Waals surface area contributed by atoms with E-state index in [2.05, 4.69) is 11.9 Å². The number of hydrogen-bond acceptors (Lipinski definition) is 3. The fourth-order valence-electron chi connectivity index (χ4n) is 1.88. The van der Waals surface area contributed by atoms with Gasteiger partial charge in [-0.3, -0.25) is 9.78 Å². The van der Waals surface area contributed by atoms with Crippen molar-refractivity contribution in [2.75, 3.05) is 13.2 Å². The van der Waals surface area contributed by atoms with Gasteiger partial charge in [-0.2, -0.15) is 0 Å². The SMILES string of the molecule is CCc1ccc(CC(=O)C2CCOC2)nc1. The smallest absolute Gasteiger partial charge is 0.144 e. The molecule has 1 fully saturated rings. The first kappa shape index (κ1) is 11.3. The van der Waals surface area contributed by atoms with Crippen molar-refractivity contribution >= 4 is 5.78 Å². The molecule has 1 aromatic rings. The molecular formula is C13H17NO2. The van der Waals surface area contributed by atoms with Gasteiger partial charge in [-0.1, -0.05) is 13.0 Å². The summed E-state index contributed by atoms with van der Waals surface area (Å²) in [6, 6.07) is 3.99. The van der Waals surface area contributed by atoms with E-state index >= 15 is 0 Å². The Labute approximate surface area is 95.8 Å². The summed E-state index contributed by atoms with van der Waals surface area (Å²) in [6.45, 7) is 3.40. The molecule has 0 amide bonds. The molecule has 0 aromatic carbocycles. The summed E-state index contributed by atoms with van der Waals surface area (Å²) < 4.78 is 5.21. The number of nitrogens with zero attached hydrogens (tertiary/aromatic N) is 1. The molecule has 0 saturated carbocycles. The first-order chi connectivity index (χ1) is 7.79. The topological polar surface area (TPSA) is 39.2 Å². The van der Waals surface area contributed by atoms with Crippen LogP contribution in [0.15, 0.2) is 18.3 Å². The van der Waals surface area contributed by atoms with Gasteiger partial charge in [0.15, 0.2) is 0 Å². The second-order valence-corrected chi connectivity index (χ2v) is 4.21. The Morgan fingerprint density at radius 2 is 2.44 bits per heavy atom. The summed E-state index contributed by atoms with van der Waals surface area (Å²) >= 11 is 0. The highest BCUT2D eigenvalue weighted by Gasteiger charge is 2.23. The number of ketones is 1. The van der Waals surface area contributed by atoms with Crippen LogP contribution in [0.1, 0.15) is 24.6 Å². The Morgan fingerprint density at radius 1 is 1.56 bits per heavy atom. The maximum atomic E-state index is 11.8. The Morgan fingerprint density at radius 3 is 3.00 bits per heavy atom. The van der Waals surface area contributed by atoms with Gasteiger partial charge in [0, 0.05) is 30.8 Å². The highest BCUT2D eigenvalue weighted by molar-refractivity contribution is 5.83. The van der Waals surface area contributed by atoms with Gasteiger partial charge in [0.1, 0.15) is 5.78 Å². The molecule has 0 N–H and O–H groups in total. The van der Waals surface area contributed by atoms with Crippen LogP contribution in [-0.2, 0) is 22.4 Å². The van der Waals surface area contributed by atoms with Crippen molar-refractivity contribution in [1.82, 2.24) is 4.98 Å². The average Bonchev–Trinajstić information content (AvgIpc) is 2.83. The zero-order valence-electron chi connectivity index (χ0n) is 9.61. The van der Waals surface area contributed by atoms with E-state index in [1.165, 1.54) is 5.56 Å². The standard InChI is InChI=1S/C13H17NO2/c1-2-10-3-4-12(14-8-10)7-13(15)11-5-6-16-9-11/h3-4,8,11H,2,5-7,9H2,1H3. The van der Waals surface area contributed by atoms with Gasteiger partial charge < -0.3 is 4.74 Å². The Hall–Kier alpha value is -1.22. The summed E-state index contributed by atoms with van der Waals surface area (Å²) in [5.41, 5.74) is 2.08. The zero-order valence-corrected chi connectivity index (χ0v) is 9.61. The van der Waals surface area contributed by atoms with Gasteiger partial charge in [0.2, 0.25) is 0 Å². The van der Waals surface area contributed by atoms with E-state index in [0.717, 1.165) is 25.1 Å². The predicted molar refractivity (Wildman–Crippen MR) is 61.3 cm³/mol. The number of hydrogen-bond donors (Lipinski definition) is 0. The van der Waals surface area contributed by atoms with E-state index in [1.54, 1.807) is 0 Å². The van der Waals surface area contributed by atoms with Crippen molar-refractivity contribution in [2.45, 2.75) is 26.2 Å². The molecule has 86 valence electrons. The fourth-order valence-corrected chi connectivity index (χ4v) is 1.88. The minimum Gasteiger partial charge on any atom is -0.381 e. The molecule has 1 aliphatic heterocycles. The van der Waals surface area contributed by atoms with Crippen molar-refractivity contribution in [2.24, 2.45) is 5.92 Å². The van der Waals surface area contributed by atoms with Gasteiger partial charge in [0.25, 0.3) is 0 Å². The molecule has 1 aliphatic rings. The molecule has 1 aromatic heterocycles. The van der Waals surface area contributed by atoms with Crippen molar-refractivity contribution in [3.05, 3.63) is 29.6 Å². The molecule has 2 heterocycles. The van der Waals surface area contributed by atoms with Crippen LogP contribution in [0, 0.1) is 5.92 Å². The van der Waals surface area contributed by atoms with E-state index < -0.39 is 0 Å². The lowest BCUT2D eigenvalue weighted by atomic mass is 9.99. The van der Waals surface area contributed by atoms with E-state index in [4.69, 9.17) is 4.74 Å². The number of aryl methyl sites for hydroxylation is 1. The van der Waals surface area contributed by atoms with E-state index in [-0.39, 0.29) is 11.7 Å². The largest absolute Gasteiger partial charge is 0.381 e. The molecule has 1 atom stereocenters. The zero-order chi connectivity index (χ0) is 11.4. The second kappa shape index (κ2) is 5.21. The summed E-state index contributed by atoms with van der Waals surface area (Å²) in [7, 11) is 0. The maximum Gasteiger partial charge on any atom is 0.144 e.